The molecule has 0 saturated carbocycles. The van der Waals surface area contributed by atoms with Gasteiger partial charge in [-0.15, -0.1) is 10.2 Å². The van der Waals surface area contributed by atoms with Gasteiger partial charge in [0.05, 0.1) is 12.0 Å². The Morgan fingerprint density at radius 1 is 1.21 bits per heavy atom. The largest absolute Gasteiger partial charge is 0.463 e. The van der Waals surface area contributed by atoms with Gasteiger partial charge in [0.25, 0.3) is 5.91 Å². The van der Waals surface area contributed by atoms with Crippen molar-refractivity contribution >= 4 is 29.3 Å². The minimum absolute atomic E-state index is 0.248. The van der Waals surface area contributed by atoms with Crippen LogP contribution in [0.1, 0.15) is 36.6 Å². The summed E-state index contributed by atoms with van der Waals surface area (Å²) in [6.45, 7) is 5.73. The molecule has 0 fully saturated rings. The van der Waals surface area contributed by atoms with E-state index in [4.69, 9.17) is 16.0 Å². The maximum atomic E-state index is 12.9. The monoisotopic (exact) mass is 498 g/mol. The number of amides is 1. The van der Waals surface area contributed by atoms with Gasteiger partial charge in [0.2, 0.25) is 0 Å². The van der Waals surface area contributed by atoms with Crippen molar-refractivity contribution in [2.45, 2.75) is 38.4 Å². The first-order chi connectivity index (χ1) is 16.5. The van der Waals surface area contributed by atoms with Crippen molar-refractivity contribution in [2.24, 2.45) is 5.92 Å². The molecule has 34 heavy (non-hydrogen) atoms. The SMILES string of the molecule is CSc1nnc(CCCNC(=O)c2cc(-c3ccco3)n(-c3cccc(Cl)c3)n2)n1CC(C)C. The molecule has 4 aromatic rings. The average molecular weight is 499 g/mol. The van der Waals surface area contributed by atoms with Crippen LogP contribution in [0, 0.1) is 5.92 Å². The standard InChI is InChI=1S/C24H27ClN6O2S/c1-16(2)15-30-22(27-28-24(30)34-3)10-5-11-26-23(32)19-14-20(21-9-6-12-33-21)31(29-19)18-8-4-7-17(25)13-18/h4,6-9,12-14,16H,5,10-11,15H2,1-3H3,(H,26,32). The van der Waals surface area contributed by atoms with Gasteiger partial charge < -0.3 is 14.3 Å². The number of carbonyl (C=O) groups is 1. The number of aromatic nitrogens is 5. The van der Waals surface area contributed by atoms with Gasteiger partial charge in [-0.2, -0.15) is 5.10 Å². The summed E-state index contributed by atoms with van der Waals surface area (Å²) in [5, 5.41) is 17.6. The first-order valence-electron chi connectivity index (χ1n) is 11.1. The highest BCUT2D eigenvalue weighted by Crippen LogP contribution is 2.26. The molecular weight excluding hydrogens is 472 g/mol. The van der Waals surface area contributed by atoms with E-state index in [1.807, 2.05) is 24.5 Å². The first kappa shape index (κ1) is 24.1. The lowest BCUT2D eigenvalue weighted by Gasteiger charge is -2.11. The lowest BCUT2D eigenvalue weighted by molar-refractivity contribution is 0.0947. The zero-order chi connectivity index (χ0) is 24.1. The molecule has 0 unspecified atom stereocenters. The van der Waals surface area contributed by atoms with Crippen molar-refractivity contribution in [1.29, 1.82) is 0 Å². The Kier molecular flexibility index (Phi) is 7.74. The predicted octanol–water partition coefficient (Wildman–Crippen LogP) is 5.12. The fourth-order valence-corrected chi connectivity index (χ4v) is 4.35. The third-order valence-corrected chi connectivity index (χ3v) is 6.06. The number of thioether (sulfide) groups is 1. The fraction of sp³-hybridized carbons (Fsp3) is 0.333. The smallest absolute Gasteiger partial charge is 0.271 e. The Morgan fingerprint density at radius 3 is 2.76 bits per heavy atom. The van der Waals surface area contributed by atoms with Gasteiger partial charge in [0.1, 0.15) is 11.5 Å². The second kappa shape index (κ2) is 10.9. The zero-order valence-electron chi connectivity index (χ0n) is 19.4. The molecule has 4 rings (SSSR count). The molecule has 0 aliphatic rings. The van der Waals surface area contributed by atoms with Crippen LogP contribution in [0.2, 0.25) is 5.02 Å². The molecule has 0 spiro atoms. The van der Waals surface area contributed by atoms with E-state index in [1.165, 1.54) is 0 Å². The summed E-state index contributed by atoms with van der Waals surface area (Å²) in [5.74, 6) is 1.80. The average Bonchev–Trinajstić information content (AvgIpc) is 3.56. The normalized spacial score (nSPS) is 11.3. The lowest BCUT2D eigenvalue weighted by atomic mass is 10.2. The molecular formula is C24H27ClN6O2S. The Labute approximate surface area is 207 Å². The van der Waals surface area contributed by atoms with E-state index in [9.17, 15) is 4.79 Å². The van der Waals surface area contributed by atoms with Crippen LogP contribution in [0.15, 0.2) is 58.3 Å². The molecule has 0 bridgehead atoms. The quantitative estimate of drug-likeness (QED) is 0.241. The highest BCUT2D eigenvalue weighted by molar-refractivity contribution is 7.98. The maximum Gasteiger partial charge on any atom is 0.271 e. The molecule has 0 atom stereocenters. The molecule has 1 N–H and O–H groups in total. The van der Waals surface area contributed by atoms with E-state index < -0.39 is 0 Å². The second-order valence-electron chi connectivity index (χ2n) is 8.25. The third kappa shape index (κ3) is 5.53. The van der Waals surface area contributed by atoms with Gasteiger partial charge in [-0.05, 0) is 48.9 Å². The molecule has 1 amide bonds. The molecule has 0 saturated heterocycles. The van der Waals surface area contributed by atoms with E-state index in [0.29, 0.717) is 34.6 Å². The number of furan rings is 1. The van der Waals surface area contributed by atoms with E-state index in [2.05, 4.69) is 39.0 Å². The van der Waals surface area contributed by atoms with Crippen molar-refractivity contribution < 1.29 is 9.21 Å². The van der Waals surface area contributed by atoms with Crippen LogP contribution >= 0.6 is 23.4 Å². The summed E-state index contributed by atoms with van der Waals surface area (Å²) >= 11 is 7.76. The topological polar surface area (TPSA) is 90.8 Å². The van der Waals surface area contributed by atoms with Crippen molar-refractivity contribution in [1.82, 2.24) is 29.9 Å². The van der Waals surface area contributed by atoms with Crippen LogP contribution in [0.4, 0.5) is 0 Å². The molecule has 1 aromatic carbocycles. The minimum Gasteiger partial charge on any atom is -0.463 e. The molecule has 0 aliphatic heterocycles. The summed E-state index contributed by atoms with van der Waals surface area (Å²) in [7, 11) is 0. The van der Waals surface area contributed by atoms with Crippen LogP contribution < -0.4 is 5.32 Å². The van der Waals surface area contributed by atoms with Gasteiger partial charge >= 0.3 is 0 Å². The van der Waals surface area contributed by atoms with Crippen molar-refractivity contribution in [3.05, 3.63) is 65.3 Å². The molecule has 0 aliphatic carbocycles. The minimum atomic E-state index is -0.248. The first-order valence-corrected chi connectivity index (χ1v) is 12.7. The predicted molar refractivity (Wildman–Crippen MR) is 134 cm³/mol. The Morgan fingerprint density at radius 2 is 2.06 bits per heavy atom. The number of benzene rings is 1. The molecule has 3 heterocycles. The van der Waals surface area contributed by atoms with Gasteiger partial charge in [-0.25, -0.2) is 4.68 Å². The van der Waals surface area contributed by atoms with Crippen molar-refractivity contribution in [3.8, 4) is 17.1 Å². The van der Waals surface area contributed by atoms with Crippen LogP contribution in [-0.4, -0.2) is 43.3 Å². The van der Waals surface area contributed by atoms with E-state index in [0.717, 1.165) is 36.1 Å². The van der Waals surface area contributed by atoms with E-state index in [1.54, 1.807) is 47.0 Å². The second-order valence-corrected chi connectivity index (χ2v) is 9.46. The number of nitrogens with zero attached hydrogens (tertiary/aromatic N) is 5. The molecule has 178 valence electrons. The van der Waals surface area contributed by atoms with Crippen LogP contribution in [0.3, 0.4) is 0 Å². The molecule has 8 nitrogen and oxygen atoms in total. The van der Waals surface area contributed by atoms with Gasteiger partial charge in [-0.3, -0.25) is 4.79 Å². The number of halogens is 1. The van der Waals surface area contributed by atoms with Crippen LogP contribution in [0.25, 0.3) is 17.1 Å². The summed E-state index contributed by atoms with van der Waals surface area (Å²) in [4.78, 5) is 12.9. The molecule has 0 radical (unpaired) electrons. The number of nitrogens with one attached hydrogen (secondary N) is 1. The number of aryl methyl sites for hydroxylation is 1. The lowest BCUT2D eigenvalue weighted by Crippen LogP contribution is -2.25. The zero-order valence-corrected chi connectivity index (χ0v) is 20.9. The van der Waals surface area contributed by atoms with E-state index >= 15 is 0 Å². The number of carbonyl (C=O) groups excluding carboxylic acids is 1. The third-order valence-electron chi connectivity index (χ3n) is 5.15. The molecule has 10 heteroatoms. The Bertz CT molecular complexity index is 1250. The van der Waals surface area contributed by atoms with Gasteiger partial charge in [0, 0.05) is 30.6 Å². The maximum absolute atomic E-state index is 12.9. The highest BCUT2D eigenvalue weighted by atomic mass is 35.5. The van der Waals surface area contributed by atoms with Gasteiger partial charge in [-0.1, -0.05) is 43.3 Å². The number of rotatable bonds is 10. The van der Waals surface area contributed by atoms with Crippen molar-refractivity contribution in [2.75, 3.05) is 12.8 Å². The van der Waals surface area contributed by atoms with Crippen molar-refractivity contribution in [3.63, 3.8) is 0 Å². The van der Waals surface area contributed by atoms with E-state index in [-0.39, 0.29) is 5.91 Å². The summed E-state index contributed by atoms with van der Waals surface area (Å²) in [6.07, 6.45) is 5.07. The highest BCUT2D eigenvalue weighted by Gasteiger charge is 2.19. The Hall–Kier alpha value is -3.04. The summed E-state index contributed by atoms with van der Waals surface area (Å²) < 4.78 is 9.39. The van der Waals surface area contributed by atoms with Crippen LogP contribution in [-0.2, 0) is 13.0 Å². The number of hydrogen-bond acceptors (Lipinski definition) is 6. The Balaban J connectivity index is 1.44. The summed E-state index contributed by atoms with van der Waals surface area (Å²) in [5.41, 5.74) is 1.72. The number of hydrogen-bond donors (Lipinski definition) is 1. The molecule has 3 aromatic heterocycles. The fourth-order valence-electron chi connectivity index (χ4n) is 3.64. The van der Waals surface area contributed by atoms with Crippen LogP contribution in [0.5, 0.6) is 0 Å². The summed E-state index contributed by atoms with van der Waals surface area (Å²) in [6, 6.07) is 12.6. The van der Waals surface area contributed by atoms with Gasteiger partial charge in [0.15, 0.2) is 16.6 Å².